The number of aromatic nitrogens is 3. The monoisotopic (exact) mass is 470 g/mol. The zero-order valence-corrected chi connectivity index (χ0v) is 19.1. The van der Waals surface area contributed by atoms with Crippen LogP contribution in [0.1, 0.15) is 50.7 Å². The van der Waals surface area contributed by atoms with Crippen molar-refractivity contribution in [2.45, 2.75) is 50.4 Å². The van der Waals surface area contributed by atoms with Crippen LogP contribution in [0.2, 0.25) is 0 Å². The summed E-state index contributed by atoms with van der Waals surface area (Å²) >= 11 is 0. The highest BCUT2D eigenvalue weighted by molar-refractivity contribution is 7.90. The molecule has 0 aliphatic heterocycles. The topological polar surface area (TPSA) is 108 Å². The molecule has 1 atom stereocenters. The summed E-state index contributed by atoms with van der Waals surface area (Å²) in [6.45, 7) is 6.22. The molecule has 0 aliphatic carbocycles. The van der Waals surface area contributed by atoms with Crippen molar-refractivity contribution in [1.29, 1.82) is 0 Å². The van der Waals surface area contributed by atoms with Gasteiger partial charge >= 0.3 is 6.18 Å². The number of fused-ring (bicyclic) bond motifs is 1. The lowest BCUT2D eigenvalue weighted by atomic mass is 9.98. The first-order chi connectivity index (χ1) is 14.6. The van der Waals surface area contributed by atoms with E-state index in [1.54, 1.807) is 12.1 Å². The number of aliphatic hydroxyl groups is 1. The minimum atomic E-state index is -4.77. The number of nitrogens with one attached hydrogen (secondary N) is 2. The zero-order valence-electron chi connectivity index (χ0n) is 18.2. The number of H-pyrrole nitrogens is 1. The Morgan fingerprint density at radius 3 is 2.34 bits per heavy atom. The number of halogens is 3. The van der Waals surface area contributed by atoms with Gasteiger partial charge in [-0.2, -0.15) is 13.2 Å². The lowest BCUT2D eigenvalue weighted by molar-refractivity contribution is -0.144. The van der Waals surface area contributed by atoms with E-state index in [1.165, 1.54) is 26.0 Å². The van der Waals surface area contributed by atoms with Crippen LogP contribution >= 0.6 is 0 Å². The van der Waals surface area contributed by atoms with Gasteiger partial charge < -0.3 is 15.4 Å². The number of nitrogens with zero attached hydrogens (tertiary/aromatic N) is 2. The summed E-state index contributed by atoms with van der Waals surface area (Å²) in [5, 5.41) is 13.8. The number of alkyl halides is 3. The second kappa shape index (κ2) is 8.04. The number of aromatic amines is 1. The van der Waals surface area contributed by atoms with E-state index in [1.807, 2.05) is 13.8 Å². The molecule has 3 aromatic rings. The second-order valence-corrected chi connectivity index (χ2v) is 10.6. The maximum atomic E-state index is 13.6. The number of hydrogen-bond acceptors (Lipinski definition) is 6. The summed E-state index contributed by atoms with van der Waals surface area (Å²) in [6.07, 6.45) is -2.69. The van der Waals surface area contributed by atoms with Gasteiger partial charge in [0.2, 0.25) is 5.95 Å². The van der Waals surface area contributed by atoms with Gasteiger partial charge in [0.05, 0.1) is 16.5 Å². The van der Waals surface area contributed by atoms with Gasteiger partial charge in [-0.15, -0.1) is 0 Å². The molecule has 0 bridgehead atoms. The van der Waals surface area contributed by atoms with Gasteiger partial charge in [0, 0.05) is 29.2 Å². The third kappa shape index (κ3) is 5.04. The number of sulfone groups is 1. The Bertz CT molecular complexity index is 1250. The van der Waals surface area contributed by atoms with Crippen LogP contribution in [0.4, 0.5) is 19.1 Å². The third-order valence-electron chi connectivity index (χ3n) is 5.05. The summed E-state index contributed by atoms with van der Waals surface area (Å²) in [5.41, 5.74) is -2.17. The maximum absolute atomic E-state index is 13.6. The van der Waals surface area contributed by atoms with Gasteiger partial charge in [-0.3, -0.25) is 0 Å². The highest BCUT2D eigenvalue weighted by Crippen LogP contribution is 2.36. The average molecular weight is 471 g/mol. The summed E-state index contributed by atoms with van der Waals surface area (Å²) in [4.78, 5) is 11.0. The van der Waals surface area contributed by atoms with E-state index >= 15 is 0 Å². The molecule has 32 heavy (non-hydrogen) atoms. The smallest absolute Gasteiger partial charge is 0.386 e. The Morgan fingerprint density at radius 1 is 1.16 bits per heavy atom. The van der Waals surface area contributed by atoms with Crippen molar-refractivity contribution in [3.63, 3.8) is 0 Å². The number of rotatable bonds is 6. The molecule has 11 heteroatoms. The highest BCUT2D eigenvalue weighted by atomic mass is 32.2. The molecule has 3 N–H and O–H groups in total. The van der Waals surface area contributed by atoms with E-state index in [9.17, 15) is 26.7 Å². The van der Waals surface area contributed by atoms with E-state index in [0.717, 1.165) is 17.8 Å². The number of benzene rings is 1. The van der Waals surface area contributed by atoms with Crippen LogP contribution in [0.15, 0.2) is 35.4 Å². The SMILES string of the molecule is CC(C)[C@H](Nc1ncc(C(C)(C)O)c(C(F)(F)F)n1)c1cc2ccc(S(C)(=O)=O)cc2[nH]1. The van der Waals surface area contributed by atoms with Crippen molar-refractivity contribution < 1.29 is 26.7 Å². The molecule has 2 heterocycles. The van der Waals surface area contributed by atoms with Crippen LogP contribution < -0.4 is 5.32 Å². The Hall–Kier alpha value is -2.66. The molecular weight excluding hydrogens is 445 g/mol. The lowest BCUT2D eigenvalue weighted by Gasteiger charge is -2.24. The minimum Gasteiger partial charge on any atom is -0.386 e. The molecule has 2 aromatic heterocycles. The van der Waals surface area contributed by atoms with E-state index in [2.05, 4.69) is 20.3 Å². The van der Waals surface area contributed by atoms with Crippen molar-refractivity contribution in [3.05, 3.63) is 47.4 Å². The van der Waals surface area contributed by atoms with Gasteiger partial charge in [0.15, 0.2) is 15.5 Å². The van der Waals surface area contributed by atoms with Crippen molar-refractivity contribution in [2.75, 3.05) is 11.6 Å². The Kier molecular flexibility index (Phi) is 6.03. The molecule has 7 nitrogen and oxygen atoms in total. The average Bonchev–Trinajstić information content (AvgIpc) is 3.06. The molecular formula is C21H25F3N4O3S. The first-order valence-corrected chi connectivity index (χ1v) is 11.7. The van der Waals surface area contributed by atoms with Gasteiger partial charge in [-0.25, -0.2) is 18.4 Å². The third-order valence-corrected chi connectivity index (χ3v) is 6.16. The Labute approximate surface area is 184 Å². The largest absolute Gasteiger partial charge is 0.433 e. The summed E-state index contributed by atoms with van der Waals surface area (Å²) < 4.78 is 64.4. The molecule has 0 saturated carbocycles. The molecule has 0 saturated heterocycles. The predicted octanol–water partition coefficient (Wildman–Crippen LogP) is 4.42. The fourth-order valence-electron chi connectivity index (χ4n) is 3.38. The zero-order chi connectivity index (χ0) is 24.1. The lowest BCUT2D eigenvalue weighted by Crippen LogP contribution is -2.26. The van der Waals surface area contributed by atoms with Crippen molar-refractivity contribution >= 4 is 26.7 Å². The number of hydrogen-bond donors (Lipinski definition) is 3. The molecule has 3 rings (SSSR count). The quantitative estimate of drug-likeness (QED) is 0.492. The summed E-state index contributed by atoms with van der Waals surface area (Å²) in [5.74, 6) is -0.316. The molecule has 174 valence electrons. The summed E-state index contributed by atoms with van der Waals surface area (Å²) in [6, 6.07) is 6.00. The molecule has 1 aromatic carbocycles. The van der Waals surface area contributed by atoms with Crippen molar-refractivity contribution in [2.24, 2.45) is 5.92 Å². The molecule has 0 amide bonds. The van der Waals surface area contributed by atoms with Crippen molar-refractivity contribution in [1.82, 2.24) is 15.0 Å². The molecule has 0 spiro atoms. The highest BCUT2D eigenvalue weighted by Gasteiger charge is 2.40. The first kappa shape index (κ1) is 24.0. The van der Waals surface area contributed by atoms with Crippen LogP contribution in [0.3, 0.4) is 0 Å². The van der Waals surface area contributed by atoms with E-state index in [0.29, 0.717) is 11.2 Å². The van der Waals surface area contributed by atoms with E-state index in [-0.39, 0.29) is 16.8 Å². The molecule has 0 unspecified atom stereocenters. The van der Waals surface area contributed by atoms with Crippen LogP contribution in [0.5, 0.6) is 0 Å². The van der Waals surface area contributed by atoms with Crippen LogP contribution in [-0.4, -0.2) is 34.7 Å². The van der Waals surface area contributed by atoms with Crippen LogP contribution in [0.25, 0.3) is 10.9 Å². The maximum Gasteiger partial charge on any atom is 0.433 e. The van der Waals surface area contributed by atoms with Gasteiger partial charge in [0.25, 0.3) is 0 Å². The number of anilines is 1. The normalized spacial score (nSPS) is 14.2. The fourth-order valence-corrected chi connectivity index (χ4v) is 4.03. The molecule has 0 fully saturated rings. The van der Waals surface area contributed by atoms with Crippen LogP contribution in [0, 0.1) is 5.92 Å². The van der Waals surface area contributed by atoms with Gasteiger partial charge in [0.1, 0.15) is 0 Å². The second-order valence-electron chi connectivity index (χ2n) is 8.62. The van der Waals surface area contributed by atoms with Crippen LogP contribution in [-0.2, 0) is 21.6 Å². The van der Waals surface area contributed by atoms with Crippen molar-refractivity contribution in [3.8, 4) is 0 Å². The Morgan fingerprint density at radius 2 is 1.81 bits per heavy atom. The standard InChI is InChI=1S/C21H25F3N4O3S/c1-11(2)17(16-8-12-6-7-13(32(5,30)31)9-15(12)26-16)27-19-25-10-14(20(3,4)29)18(28-19)21(22,23)24/h6-11,17,26,29H,1-5H3,(H,25,27,28)/t17-/m0/s1. The van der Waals surface area contributed by atoms with E-state index < -0.39 is 38.9 Å². The summed E-state index contributed by atoms with van der Waals surface area (Å²) in [7, 11) is -3.39. The Balaban J connectivity index is 2.02. The molecule has 0 radical (unpaired) electrons. The fraction of sp³-hybridized carbons (Fsp3) is 0.429. The molecule has 0 aliphatic rings. The van der Waals surface area contributed by atoms with Gasteiger partial charge in [-0.05, 0) is 43.4 Å². The predicted molar refractivity (Wildman–Crippen MR) is 115 cm³/mol. The first-order valence-electron chi connectivity index (χ1n) is 9.83. The van der Waals surface area contributed by atoms with Gasteiger partial charge in [-0.1, -0.05) is 19.9 Å². The van der Waals surface area contributed by atoms with E-state index in [4.69, 9.17) is 0 Å². The minimum absolute atomic E-state index is 0.0793.